The van der Waals surface area contributed by atoms with Crippen molar-refractivity contribution < 1.29 is 4.74 Å². The highest BCUT2D eigenvalue weighted by atomic mass is 16.5. The van der Waals surface area contributed by atoms with E-state index >= 15 is 0 Å². The van der Waals surface area contributed by atoms with Crippen molar-refractivity contribution >= 4 is 16.7 Å². The molecule has 1 aromatic carbocycles. The maximum Gasteiger partial charge on any atom is 0.139 e. The Balaban J connectivity index is 2.29. The van der Waals surface area contributed by atoms with Crippen LogP contribution in [0.25, 0.3) is 10.9 Å². The number of hydrogen-bond acceptors (Lipinski definition) is 4. The van der Waals surface area contributed by atoms with Crippen molar-refractivity contribution in [3.8, 4) is 0 Å². The van der Waals surface area contributed by atoms with Gasteiger partial charge in [-0.3, -0.25) is 0 Å². The van der Waals surface area contributed by atoms with E-state index in [4.69, 9.17) is 4.74 Å². The van der Waals surface area contributed by atoms with Crippen molar-refractivity contribution in [1.29, 1.82) is 0 Å². The van der Waals surface area contributed by atoms with Crippen molar-refractivity contribution in [3.63, 3.8) is 0 Å². The summed E-state index contributed by atoms with van der Waals surface area (Å²) in [4.78, 5) is 10.8. The van der Waals surface area contributed by atoms with E-state index in [1.807, 2.05) is 20.0 Å². The van der Waals surface area contributed by atoms with Crippen molar-refractivity contribution in [3.05, 3.63) is 30.1 Å². The highest BCUT2D eigenvalue weighted by Crippen LogP contribution is 2.22. The van der Waals surface area contributed by atoms with Crippen molar-refractivity contribution in [2.24, 2.45) is 0 Å². The van der Waals surface area contributed by atoms with E-state index in [1.165, 1.54) is 5.56 Å². The van der Waals surface area contributed by atoms with Crippen molar-refractivity contribution in [1.82, 2.24) is 9.97 Å². The topological polar surface area (TPSA) is 38.2 Å². The Labute approximate surface area is 108 Å². The number of fused-ring (bicyclic) bond motifs is 1. The molecule has 0 amide bonds. The second kappa shape index (κ2) is 5.78. The van der Waals surface area contributed by atoms with Crippen LogP contribution in [0.5, 0.6) is 0 Å². The van der Waals surface area contributed by atoms with Crippen LogP contribution >= 0.6 is 0 Å². The zero-order chi connectivity index (χ0) is 13.0. The van der Waals surface area contributed by atoms with Gasteiger partial charge in [-0.05, 0) is 26.0 Å². The van der Waals surface area contributed by atoms with Gasteiger partial charge in [-0.2, -0.15) is 0 Å². The Morgan fingerprint density at radius 1 is 1.28 bits per heavy atom. The molecule has 0 atom stereocenters. The van der Waals surface area contributed by atoms with Crippen LogP contribution in [0.4, 0.5) is 5.82 Å². The number of rotatable bonds is 5. The average molecular weight is 245 g/mol. The fraction of sp³-hybridized carbons (Fsp3) is 0.429. The van der Waals surface area contributed by atoms with Crippen LogP contribution in [0.1, 0.15) is 12.5 Å². The fourth-order valence-electron chi connectivity index (χ4n) is 1.91. The zero-order valence-electron chi connectivity index (χ0n) is 11.2. The quantitative estimate of drug-likeness (QED) is 0.758. The molecule has 0 saturated carbocycles. The third-order valence-electron chi connectivity index (χ3n) is 2.91. The monoisotopic (exact) mass is 245 g/mol. The second-order valence-electron chi connectivity index (χ2n) is 4.34. The lowest BCUT2D eigenvalue weighted by atomic mass is 10.1. The SMILES string of the molecule is CCOCCN(C)c1ncnc2ccc(C)cc12. The van der Waals surface area contributed by atoms with E-state index in [0.29, 0.717) is 6.61 Å². The number of anilines is 1. The van der Waals surface area contributed by atoms with Crippen LogP contribution in [0.15, 0.2) is 24.5 Å². The first-order chi connectivity index (χ1) is 8.72. The van der Waals surface area contributed by atoms with Gasteiger partial charge in [0.2, 0.25) is 0 Å². The minimum atomic E-state index is 0.713. The molecule has 2 aromatic rings. The molecule has 96 valence electrons. The molecule has 0 N–H and O–H groups in total. The van der Waals surface area contributed by atoms with E-state index in [1.54, 1.807) is 6.33 Å². The normalized spacial score (nSPS) is 10.8. The maximum absolute atomic E-state index is 5.38. The molecule has 0 spiro atoms. The number of hydrogen-bond donors (Lipinski definition) is 0. The summed E-state index contributed by atoms with van der Waals surface area (Å²) in [5, 5.41) is 1.09. The van der Waals surface area contributed by atoms with Crippen LogP contribution in [0, 0.1) is 6.92 Å². The lowest BCUT2D eigenvalue weighted by molar-refractivity contribution is 0.154. The number of likely N-dealkylation sites (N-methyl/N-ethyl adjacent to an activating group) is 1. The van der Waals surface area contributed by atoms with Gasteiger partial charge in [0.1, 0.15) is 12.1 Å². The summed E-state index contributed by atoms with van der Waals surface area (Å²) in [5.41, 5.74) is 2.20. The van der Waals surface area contributed by atoms with Gasteiger partial charge in [0.15, 0.2) is 0 Å². The number of aromatic nitrogens is 2. The molecule has 1 heterocycles. The Bertz CT molecular complexity index is 527. The number of nitrogens with zero attached hydrogens (tertiary/aromatic N) is 3. The van der Waals surface area contributed by atoms with E-state index < -0.39 is 0 Å². The van der Waals surface area contributed by atoms with E-state index in [2.05, 4.69) is 33.9 Å². The van der Waals surface area contributed by atoms with E-state index in [-0.39, 0.29) is 0 Å². The Hall–Kier alpha value is -1.68. The Morgan fingerprint density at radius 2 is 2.11 bits per heavy atom. The van der Waals surface area contributed by atoms with E-state index in [9.17, 15) is 0 Å². The van der Waals surface area contributed by atoms with E-state index in [0.717, 1.165) is 29.9 Å². The molecule has 0 aliphatic carbocycles. The van der Waals surface area contributed by atoms with Gasteiger partial charge >= 0.3 is 0 Å². The molecule has 4 nitrogen and oxygen atoms in total. The van der Waals surface area contributed by atoms with Crippen LogP contribution in [0.3, 0.4) is 0 Å². The summed E-state index contributed by atoms with van der Waals surface area (Å²) < 4.78 is 5.38. The molecule has 0 radical (unpaired) electrons. The lowest BCUT2D eigenvalue weighted by Gasteiger charge is -2.19. The highest BCUT2D eigenvalue weighted by molar-refractivity contribution is 5.89. The molecule has 4 heteroatoms. The highest BCUT2D eigenvalue weighted by Gasteiger charge is 2.08. The molecule has 0 unspecified atom stereocenters. The molecule has 18 heavy (non-hydrogen) atoms. The summed E-state index contributed by atoms with van der Waals surface area (Å²) in [6.07, 6.45) is 1.62. The minimum absolute atomic E-state index is 0.713. The van der Waals surface area contributed by atoms with Gasteiger partial charge in [0.05, 0.1) is 12.1 Å². The van der Waals surface area contributed by atoms with Crippen molar-refractivity contribution in [2.75, 3.05) is 31.7 Å². The first-order valence-electron chi connectivity index (χ1n) is 6.22. The van der Waals surface area contributed by atoms with Gasteiger partial charge in [0.25, 0.3) is 0 Å². The van der Waals surface area contributed by atoms with Gasteiger partial charge in [-0.1, -0.05) is 11.6 Å². The summed E-state index contributed by atoms with van der Waals surface area (Å²) in [7, 11) is 2.03. The molecule has 1 aromatic heterocycles. The first kappa shape index (κ1) is 12.8. The van der Waals surface area contributed by atoms with Crippen LogP contribution in [-0.2, 0) is 4.74 Å². The summed E-state index contributed by atoms with van der Waals surface area (Å²) in [6, 6.07) is 6.23. The van der Waals surface area contributed by atoms with Gasteiger partial charge in [-0.25, -0.2) is 9.97 Å². The zero-order valence-corrected chi connectivity index (χ0v) is 11.2. The molecule has 0 aliphatic rings. The predicted octanol–water partition coefficient (Wildman–Crippen LogP) is 2.41. The standard InChI is InChI=1S/C14H19N3O/c1-4-18-8-7-17(3)14-12-9-11(2)5-6-13(12)15-10-16-14/h5-6,9-10H,4,7-8H2,1-3H3. The van der Waals surface area contributed by atoms with Crippen LogP contribution in [-0.4, -0.2) is 36.8 Å². The van der Waals surface area contributed by atoms with Gasteiger partial charge in [0, 0.05) is 25.6 Å². The summed E-state index contributed by atoms with van der Waals surface area (Å²) >= 11 is 0. The van der Waals surface area contributed by atoms with Crippen LogP contribution in [0.2, 0.25) is 0 Å². The Morgan fingerprint density at radius 3 is 2.89 bits per heavy atom. The predicted molar refractivity (Wildman–Crippen MR) is 74.0 cm³/mol. The third kappa shape index (κ3) is 2.76. The fourth-order valence-corrected chi connectivity index (χ4v) is 1.91. The lowest BCUT2D eigenvalue weighted by Crippen LogP contribution is -2.23. The number of aryl methyl sites for hydroxylation is 1. The largest absolute Gasteiger partial charge is 0.380 e. The van der Waals surface area contributed by atoms with Crippen LogP contribution < -0.4 is 4.90 Å². The summed E-state index contributed by atoms with van der Waals surface area (Å²) in [5.74, 6) is 0.961. The minimum Gasteiger partial charge on any atom is -0.380 e. The molecular formula is C14H19N3O. The summed E-state index contributed by atoms with van der Waals surface area (Å²) in [6.45, 7) is 6.37. The molecule has 0 aliphatic heterocycles. The van der Waals surface area contributed by atoms with Crippen molar-refractivity contribution in [2.45, 2.75) is 13.8 Å². The second-order valence-corrected chi connectivity index (χ2v) is 4.34. The smallest absolute Gasteiger partial charge is 0.139 e. The first-order valence-corrected chi connectivity index (χ1v) is 6.22. The average Bonchev–Trinajstić information content (AvgIpc) is 2.38. The van der Waals surface area contributed by atoms with Gasteiger partial charge in [-0.15, -0.1) is 0 Å². The molecule has 2 rings (SSSR count). The van der Waals surface area contributed by atoms with Gasteiger partial charge < -0.3 is 9.64 Å². The maximum atomic E-state index is 5.38. The Kier molecular flexibility index (Phi) is 4.10. The molecule has 0 saturated heterocycles. The third-order valence-corrected chi connectivity index (χ3v) is 2.91. The molecule has 0 bridgehead atoms. The number of benzene rings is 1. The molecular weight excluding hydrogens is 226 g/mol. The number of ether oxygens (including phenoxy) is 1. The molecule has 0 fully saturated rings.